The fourth-order valence-corrected chi connectivity index (χ4v) is 2.18. The zero-order valence-corrected chi connectivity index (χ0v) is 10.6. The maximum absolute atomic E-state index is 11.6. The van der Waals surface area contributed by atoms with Crippen molar-refractivity contribution in [3.63, 3.8) is 0 Å². The SMILES string of the molecule is NCCNc1nc(N2CCCCCC2)cc[n+]1[O-]. The van der Waals surface area contributed by atoms with Crippen molar-refractivity contribution >= 4 is 11.8 Å². The molecule has 0 saturated carbocycles. The zero-order valence-electron chi connectivity index (χ0n) is 10.6. The van der Waals surface area contributed by atoms with E-state index in [0.29, 0.717) is 19.0 Å². The number of aromatic nitrogens is 2. The van der Waals surface area contributed by atoms with Crippen molar-refractivity contribution in [2.75, 3.05) is 36.4 Å². The summed E-state index contributed by atoms with van der Waals surface area (Å²) >= 11 is 0. The number of hydrogen-bond acceptors (Lipinski definition) is 5. The third-order valence-electron chi connectivity index (χ3n) is 3.15. The van der Waals surface area contributed by atoms with Gasteiger partial charge in [0, 0.05) is 25.7 Å². The van der Waals surface area contributed by atoms with Crippen molar-refractivity contribution in [1.82, 2.24) is 4.98 Å². The Morgan fingerprint density at radius 1 is 1.33 bits per heavy atom. The number of hydrogen-bond donors (Lipinski definition) is 2. The molecule has 0 aliphatic carbocycles. The molecule has 1 aliphatic rings. The van der Waals surface area contributed by atoms with E-state index in [1.807, 2.05) is 0 Å². The molecule has 0 aromatic carbocycles. The summed E-state index contributed by atoms with van der Waals surface area (Å²) in [6, 6.07) is 1.78. The van der Waals surface area contributed by atoms with Crippen LogP contribution in [0.15, 0.2) is 12.3 Å². The molecule has 0 atom stereocenters. The predicted octanol–water partition coefficient (Wildman–Crippen LogP) is 0.466. The van der Waals surface area contributed by atoms with Crippen LogP contribution in [0, 0.1) is 5.21 Å². The van der Waals surface area contributed by atoms with Crippen LogP contribution in [0.1, 0.15) is 25.7 Å². The Balaban J connectivity index is 2.11. The molecule has 0 radical (unpaired) electrons. The first-order valence-corrected chi connectivity index (χ1v) is 6.60. The van der Waals surface area contributed by atoms with Crippen LogP contribution in [0.2, 0.25) is 0 Å². The Hall–Kier alpha value is -1.56. The lowest BCUT2D eigenvalue weighted by molar-refractivity contribution is -0.593. The fourth-order valence-electron chi connectivity index (χ4n) is 2.18. The molecule has 18 heavy (non-hydrogen) atoms. The van der Waals surface area contributed by atoms with E-state index in [2.05, 4.69) is 15.2 Å². The molecule has 100 valence electrons. The number of nitrogens with zero attached hydrogens (tertiary/aromatic N) is 3. The minimum atomic E-state index is 0.335. The summed E-state index contributed by atoms with van der Waals surface area (Å²) < 4.78 is 0.747. The molecule has 1 saturated heterocycles. The van der Waals surface area contributed by atoms with Crippen LogP contribution in [0.25, 0.3) is 0 Å². The van der Waals surface area contributed by atoms with Crippen molar-refractivity contribution < 1.29 is 4.73 Å². The molecule has 2 heterocycles. The van der Waals surface area contributed by atoms with Gasteiger partial charge in [0.1, 0.15) is 0 Å². The molecular formula is C12H21N5O. The molecule has 0 bridgehead atoms. The Kier molecular flexibility index (Phi) is 4.58. The topological polar surface area (TPSA) is 81.1 Å². The second-order valence-corrected chi connectivity index (χ2v) is 4.55. The first kappa shape index (κ1) is 12.9. The van der Waals surface area contributed by atoms with Crippen molar-refractivity contribution in [3.05, 3.63) is 17.5 Å². The minimum absolute atomic E-state index is 0.335. The van der Waals surface area contributed by atoms with Crippen molar-refractivity contribution in [1.29, 1.82) is 0 Å². The van der Waals surface area contributed by atoms with Gasteiger partial charge in [0.15, 0.2) is 0 Å². The lowest BCUT2D eigenvalue weighted by Gasteiger charge is -2.20. The fraction of sp³-hybridized carbons (Fsp3) is 0.667. The molecule has 0 spiro atoms. The normalized spacial score (nSPS) is 16.4. The van der Waals surface area contributed by atoms with Gasteiger partial charge in [-0.25, -0.2) is 4.73 Å². The van der Waals surface area contributed by atoms with E-state index in [1.54, 1.807) is 6.07 Å². The van der Waals surface area contributed by atoms with Crippen LogP contribution in [0.3, 0.4) is 0 Å². The van der Waals surface area contributed by atoms with Crippen LogP contribution >= 0.6 is 0 Å². The number of anilines is 2. The monoisotopic (exact) mass is 251 g/mol. The highest BCUT2D eigenvalue weighted by Crippen LogP contribution is 2.17. The van der Waals surface area contributed by atoms with Crippen LogP contribution in [0.5, 0.6) is 0 Å². The Morgan fingerprint density at radius 3 is 2.72 bits per heavy atom. The summed E-state index contributed by atoms with van der Waals surface area (Å²) in [7, 11) is 0. The molecule has 2 rings (SSSR count). The molecular weight excluding hydrogens is 230 g/mol. The smallest absolute Gasteiger partial charge is 0.394 e. The largest absolute Gasteiger partial charge is 0.740 e. The molecule has 6 heteroatoms. The van der Waals surface area contributed by atoms with Crippen LogP contribution in [-0.2, 0) is 0 Å². The summed E-state index contributed by atoms with van der Waals surface area (Å²) in [5.41, 5.74) is 5.42. The van der Waals surface area contributed by atoms with Gasteiger partial charge in [0.25, 0.3) is 0 Å². The first-order chi connectivity index (χ1) is 8.81. The quantitative estimate of drug-likeness (QED) is 0.600. The molecule has 6 nitrogen and oxygen atoms in total. The van der Waals surface area contributed by atoms with Crippen LogP contribution in [0.4, 0.5) is 11.8 Å². The average molecular weight is 251 g/mol. The average Bonchev–Trinajstić information content (AvgIpc) is 2.67. The van der Waals surface area contributed by atoms with E-state index < -0.39 is 0 Å². The molecule has 0 unspecified atom stereocenters. The van der Waals surface area contributed by atoms with Gasteiger partial charge >= 0.3 is 5.95 Å². The first-order valence-electron chi connectivity index (χ1n) is 6.60. The van der Waals surface area contributed by atoms with E-state index in [1.165, 1.54) is 31.9 Å². The lowest BCUT2D eigenvalue weighted by Crippen LogP contribution is -2.35. The van der Waals surface area contributed by atoms with Gasteiger partial charge in [0.05, 0.1) is 12.7 Å². The van der Waals surface area contributed by atoms with E-state index in [4.69, 9.17) is 5.73 Å². The van der Waals surface area contributed by atoms with E-state index >= 15 is 0 Å². The van der Waals surface area contributed by atoms with E-state index in [-0.39, 0.29) is 0 Å². The van der Waals surface area contributed by atoms with Crippen LogP contribution < -0.4 is 20.7 Å². The maximum atomic E-state index is 11.6. The second kappa shape index (κ2) is 6.39. The maximum Gasteiger partial charge on any atom is 0.394 e. The molecule has 1 aromatic rings. The number of nitrogens with one attached hydrogen (secondary N) is 1. The van der Waals surface area contributed by atoms with Gasteiger partial charge in [-0.2, -0.15) is 0 Å². The third-order valence-corrected chi connectivity index (χ3v) is 3.15. The molecule has 1 aliphatic heterocycles. The Labute approximate surface area is 107 Å². The standard InChI is InChI=1S/C12H21N5O/c13-6-7-14-12-15-11(5-10-17(12)18)16-8-3-1-2-4-9-16/h5,10H,1-4,6-9,13H2,(H,14,15). The van der Waals surface area contributed by atoms with Crippen LogP contribution in [-0.4, -0.2) is 31.2 Å². The highest BCUT2D eigenvalue weighted by atomic mass is 16.5. The van der Waals surface area contributed by atoms with Gasteiger partial charge in [-0.1, -0.05) is 17.8 Å². The Morgan fingerprint density at radius 2 is 2.06 bits per heavy atom. The predicted molar refractivity (Wildman–Crippen MR) is 71.4 cm³/mol. The number of nitrogens with two attached hydrogens (primary N) is 1. The van der Waals surface area contributed by atoms with Crippen molar-refractivity contribution in [3.8, 4) is 0 Å². The van der Waals surface area contributed by atoms with Gasteiger partial charge < -0.3 is 15.8 Å². The lowest BCUT2D eigenvalue weighted by atomic mass is 10.2. The van der Waals surface area contributed by atoms with Crippen molar-refractivity contribution in [2.24, 2.45) is 5.73 Å². The van der Waals surface area contributed by atoms with Gasteiger partial charge in [-0.15, -0.1) is 0 Å². The van der Waals surface area contributed by atoms with Gasteiger partial charge in [-0.3, -0.25) is 5.32 Å². The van der Waals surface area contributed by atoms with E-state index in [0.717, 1.165) is 23.6 Å². The molecule has 3 N–H and O–H groups in total. The second-order valence-electron chi connectivity index (χ2n) is 4.55. The summed E-state index contributed by atoms with van der Waals surface area (Å²) in [6.07, 6.45) is 6.46. The number of rotatable bonds is 4. The third kappa shape index (κ3) is 3.22. The molecule has 1 aromatic heterocycles. The zero-order chi connectivity index (χ0) is 12.8. The molecule has 0 amide bonds. The summed E-state index contributed by atoms with van der Waals surface area (Å²) in [6.45, 7) is 3.08. The summed E-state index contributed by atoms with van der Waals surface area (Å²) in [4.78, 5) is 6.64. The Bertz CT molecular complexity index is 377. The molecule has 1 fully saturated rings. The highest BCUT2D eigenvalue weighted by molar-refractivity contribution is 5.40. The van der Waals surface area contributed by atoms with Gasteiger partial charge in [-0.05, 0) is 12.8 Å². The van der Waals surface area contributed by atoms with E-state index in [9.17, 15) is 5.21 Å². The van der Waals surface area contributed by atoms with Gasteiger partial charge in [0.2, 0.25) is 5.82 Å². The highest BCUT2D eigenvalue weighted by Gasteiger charge is 2.16. The van der Waals surface area contributed by atoms with Crippen molar-refractivity contribution in [2.45, 2.75) is 25.7 Å². The summed E-state index contributed by atoms with van der Waals surface area (Å²) in [5, 5.41) is 14.5. The summed E-state index contributed by atoms with van der Waals surface area (Å²) in [5.74, 6) is 1.21. The minimum Gasteiger partial charge on any atom is -0.740 e.